The fourth-order valence-electron chi connectivity index (χ4n) is 5.20. The summed E-state index contributed by atoms with van der Waals surface area (Å²) in [5.41, 5.74) is 4.21. The van der Waals surface area contributed by atoms with Gasteiger partial charge in [0.1, 0.15) is 11.9 Å². The molecule has 7 nitrogen and oxygen atoms in total. The number of fused-ring (bicyclic) bond motifs is 3. The lowest BCUT2D eigenvalue weighted by molar-refractivity contribution is -0.00707. The van der Waals surface area contributed by atoms with Crippen molar-refractivity contribution in [3.05, 3.63) is 86.2 Å². The van der Waals surface area contributed by atoms with E-state index in [0.717, 1.165) is 34.7 Å². The SMILES string of the molecule is CCc1ccc(C2OCC(C)(C)n3c(-c4ccc(OC)cc4)c4c(=O)n(C)c(=O)n(C)c4c32)cc1. The molecular formula is C28H31N3O4. The van der Waals surface area contributed by atoms with Crippen LogP contribution < -0.4 is 16.0 Å². The zero-order valence-corrected chi connectivity index (χ0v) is 21.1. The van der Waals surface area contributed by atoms with Crippen molar-refractivity contribution in [2.24, 2.45) is 14.1 Å². The molecule has 0 aliphatic carbocycles. The second-order valence-corrected chi connectivity index (χ2v) is 9.83. The molecule has 1 unspecified atom stereocenters. The van der Waals surface area contributed by atoms with Gasteiger partial charge in [0, 0.05) is 14.1 Å². The van der Waals surface area contributed by atoms with Gasteiger partial charge < -0.3 is 14.0 Å². The molecule has 0 saturated heterocycles. The van der Waals surface area contributed by atoms with Crippen LogP contribution in [0.5, 0.6) is 5.75 Å². The number of ether oxygens (including phenoxy) is 2. The van der Waals surface area contributed by atoms with E-state index in [-0.39, 0.29) is 11.2 Å². The summed E-state index contributed by atoms with van der Waals surface area (Å²) in [6.07, 6.45) is 0.533. The van der Waals surface area contributed by atoms with Crippen LogP contribution in [-0.2, 0) is 30.8 Å². The molecule has 0 bridgehead atoms. The van der Waals surface area contributed by atoms with Gasteiger partial charge in [-0.2, -0.15) is 0 Å². The minimum Gasteiger partial charge on any atom is -0.497 e. The number of aromatic nitrogens is 3. The van der Waals surface area contributed by atoms with Crippen molar-refractivity contribution in [1.82, 2.24) is 13.7 Å². The Labute approximate surface area is 204 Å². The van der Waals surface area contributed by atoms with Crippen molar-refractivity contribution in [1.29, 1.82) is 0 Å². The zero-order valence-electron chi connectivity index (χ0n) is 21.1. The maximum absolute atomic E-state index is 13.6. The van der Waals surface area contributed by atoms with Crippen LogP contribution in [0.1, 0.15) is 43.7 Å². The van der Waals surface area contributed by atoms with Crippen LogP contribution in [-0.4, -0.2) is 27.4 Å². The minimum atomic E-state index is -0.454. The first-order valence-electron chi connectivity index (χ1n) is 11.9. The maximum atomic E-state index is 13.6. The van der Waals surface area contributed by atoms with Crippen molar-refractivity contribution >= 4 is 10.9 Å². The molecule has 0 amide bonds. The van der Waals surface area contributed by atoms with Gasteiger partial charge in [-0.05, 0) is 61.2 Å². The highest BCUT2D eigenvalue weighted by molar-refractivity contribution is 5.97. The van der Waals surface area contributed by atoms with Crippen LogP contribution >= 0.6 is 0 Å². The topological polar surface area (TPSA) is 67.4 Å². The van der Waals surface area contributed by atoms with E-state index in [0.29, 0.717) is 17.5 Å². The molecule has 182 valence electrons. The summed E-state index contributed by atoms with van der Waals surface area (Å²) < 4.78 is 16.8. The molecule has 1 aliphatic heterocycles. The molecule has 7 heteroatoms. The number of nitrogens with zero attached hydrogens (tertiary/aromatic N) is 3. The fraction of sp³-hybridized carbons (Fsp3) is 0.357. The third-order valence-corrected chi connectivity index (χ3v) is 7.12. The van der Waals surface area contributed by atoms with E-state index in [1.807, 2.05) is 24.3 Å². The van der Waals surface area contributed by atoms with E-state index in [4.69, 9.17) is 9.47 Å². The largest absolute Gasteiger partial charge is 0.497 e. The molecule has 0 spiro atoms. The predicted octanol–water partition coefficient (Wildman–Crippen LogP) is 4.13. The van der Waals surface area contributed by atoms with Crippen LogP contribution in [0.25, 0.3) is 22.2 Å². The first-order chi connectivity index (χ1) is 16.7. The van der Waals surface area contributed by atoms with Gasteiger partial charge in [0.2, 0.25) is 0 Å². The number of hydrogen-bond donors (Lipinski definition) is 0. The number of hydrogen-bond acceptors (Lipinski definition) is 4. The van der Waals surface area contributed by atoms with Gasteiger partial charge in [-0.1, -0.05) is 31.2 Å². The second kappa shape index (κ2) is 8.27. The molecule has 0 saturated carbocycles. The average molecular weight is 474 g/mol. The zero-order chi connectivity index (χ0) is 25.1. The highest BCUT2D eigenvalue weighted by Crippen LogP contribution is 2.45. The lowest BCUT2D eigenvalue weighted by Gasteiger charge is -2.39. The van der Waals surface area contributed by atoms with Crippen LogP contribution in [0, 0.1) is 0 Å². The Bertz CT molecular complexity index is 1540. The minimum absolute atomic E-state index is 0.313. The van der Waals surface area contributed by atoms with Gasteiger partial charge in [-0.25, -0.2) is 4.79 Å². The van der Waals surface area contributed by atoms with Crippen molar-refractivity contribution in [3.63, 3.8) is 0 Å². The summed E-state index contributed by atoms with van der Waals surface area (Å²) in [7, 11) is 4.88. The van der Waals surface area contributed by atoms with Gasteiger partial charge in [-0.3, -0.25) is 13.9 Å². The Balaban J connectivity index is 1.94. The Morgan fingerprint density at radius 1 is 1.00 bits per heavy atom. The Kier molecular flexibility index (Phi) is 5.48. The van der Waals surface area contributed by atoms with E-state index in [2.05, 4.69) is 49.6 Å². The predicted molar refractivity (Wildman–Crippen MR) is 137 cm³/mol. The molecule has 5 rings (SSSR count). The summed E-state index contributed by atoms with van der Waals surface area (Å²) in [5.74, 6) is 0.736. The van der Waals surface area contributed by atoms with E-state index >= 15 is 0 Å². The lowest BCUT2D eigenvalue weighted by Crippen LogP contribution is -2.40. The van der Waals surface area contributed by atoms with Crippen molar-refractivity contribution in [3.8, 4) is 17.0 Å². The normalized spacial score (nSPS) is 16.9. The molecule has 4 aromatic rings. The highest BCUT2D eigenvalue weighted by atomic mass is 16.5. The molecule has 1 atom stereocenters. The molecule has 2 aromatic heterocycles. The first kappa shape index (κ1) is 23.2. The van der Waals surface area contributed by atoms with Crippen LogP contribution in [0.2, 0.25) is 0 Å². The molecule has 3 heterocycles. The van der Waals surface area contributed by atoms with Gasteiger partial charge in [0.15, 0.2) is 0 Å². The van der Waals surface area contributed by atoms with Crippen molar-refractivity contribution in [2.75, 3.05) is 13.7 Å². The average Bonchev–Trinajstić information content (AvgIpc) is 3.24. The highest BCUT2D eigenvalue weighted by Gasteiger charge is 2.40. The third-order valence-electron chi connectivity index (χ3n) is 7.12. The fourth-order valence-corrected chi connectivity index (χ4v) is 5.20. The summed E-state index contributed by atoms with van der Waals surface area (Å²) in [4.78, 5) is 26.7. The van der Waals surface area contributed by atoms with Crippen LogP contribution in [0.4, 0.5) is 0 Å². The van der Waals surface area contributed by atoms with Gasteiger partial charge in [0.25, 0.3) is 5.56 Å². The van der Waals surface area contributed by atoms with E-state index < -0.39 is 11.6 Å². The maximum Gasteiger partial charge on any atom is 0.331 e. The Hall–Kier alpha value is -3.58. The smallest absolute Gasteiger partial charge is 0.331 e. The van der Waals surface area contributed by atoms with Gasteiger partial charge >= 0.3 is 5.69 Å². The summed E-state index contributed by atoms with van der Waals surface area (Å²) in [6.45, 7) is 6.78. The van der Waals surface area contributed by atoms with Gasteiger partial charge in [0.05, 0.1) is 41.5 Å². The number of rotatable bonds is 4. The molecule has 2 aromatic carbocycles. The lowest BCUT2D eigenvalue weighted by atomic mass is 9.97. The molecule has 1 aliphatic rings. The standard InChI is InChI=1S/C28H31N3O4/c1-7-17-8-10-19(11-9-17)25-24-23-21(26(32)30(5)27(33)29(23)4)22(31(24)28(2,3)16-35-25)18-12-14-20(34-6)15-13-18/h8-15,25H,7,16H2,1-6H3. The van der Waals surface area contributed by atoms with Crippen molar-refractivity contribution in [2.45, 2.75) is 38.8 Å². The van der Waals surface area contributed by atoms with Crippen LogP contribution in [0.15, 0.2) is 58.1 Å². The number of methoxy groups -OCH3 is 1. The molecule has 0 radical (unpaired) electrons. The monoisotopic (exact) mass is 473 g/mol. The van der Waals surface area contributed by atoms with Crippen LogP contribution in [0.3, 0.4) is 0 Å². The molecule has 35 heavy (non-hydrogen) atoms. The number of benzene rings is 2. The van der Waals surface area contributed by atoms with Gasteiger partial charge in [-0.15, -0.1) is 0 Å². The number of aryl methyl sites for hydroxylation is 2. The third kappa shape index (κ3) is 3.45. The van der Waals surface area contributed by atoms with E-state index in [9.17, 15) is 9.59 Å². The van der Waals surface area contributed by atoms with E-state index in [1.54, 1.807) is 18.7 Å². The Morgan fingerprint density at radius 3 is 2.26 bits per heavy atom. The van der Waals surface area contributed by atoms with E-state index in [1.165, 1.54) is 17.2 Å². The first-order valence-corrected chi connectivity index (χ1v) is 11.9. The quantitative estimate of drug-likeness (QED) is 0.447. The molecular weight excluding hydrogens is 442 g/mol. The second-order valence-electron chi connectivity index (χ2n) is 9.83. The Morgan fingerprint density at radius 2 is 1.66 bits per heavy atom. The summed E-state index contributed by atoms with van der Waals surface area (Å²) in [5, 5.41) is 0.517. The summed E-state index contributed by atoms with van der Waals surface area (Å²) >= 11 is 0. The molecule has 0 N–H and O–H groups in total. The van der Waals surface area contributed by atoms with Crippen molar-refractivity contribution < 1.29 is 9.47 Å². The summed E-state index contributed by atoms with van der Waals surface area (Å²) in [6, 6.07) is 16.1. The molecule has 0 fully saturated rings.